The first-order chi connectivity index (χ1) is 12.6. The van der Waals surface area contributed by atoms with Crippen molar-refractivity contribution in [1.82, 2.24) is 4.98 Å². The fourth-order valence-electron chi connectivity index (χ4n) is 2.39. The van der Waals surface area contributed by atoms with Gasteiger partial charge in [-0.15, -0.1) is 0 Å². The highest BCUT2D eigenvalue weighted by Gasteiger charge is 2.23. The molecule has 1 aliphatic heterocycles. The van der Waals surface area contributed by atoms with Crippen LogP contribution in [-0.4, -0.2) is 36.2 Å². The molecule has 1 aliphatic rings. The number of carbonyl (C=O) groups is 2. The number of pyridine rings is 1. The molecule has 26 heavy (non-hydrogen) atoms. The van der Waals surface area contributed by atoms with Crippen LogP contribution in [0.1, 0.15) is 23.7 Å². The zero-order chi connectivity index (χ0) is 18.5. The van der Waals surface area contributed by atoms with Crippen molar-refractivity contribution in [3.63, 3.8) is 0 Å². The molecule has 1 unspecified atom stereocenters. The van der Waals surface area contributed by atoms with E-state index in [2.05, 4.69) is 10.3 Å². The minimum Gasteiger partial charge on any atom is -0.486 e. The summed E-state index contributed by atoms with van der Waals surface area (Å²) in [6.07, 6.45) is 0.776. The number of fused-ring (bicyclic) bond motifs is 1. The molecule has 2 aromatic rings. The Morgan fingerprint density at radius 2 is 2.00 bits per heavy atom. The maximum atomic E-state index is 12.4. The van der Waals surface area contributed by atoms with Crippen molar-refractivity contribution >= 4 is 29.2 Å². The van der Waals surface area contributed by atoms with E-state index >= 15 is 0 Å². The molecule has 3 rings (SSSR count). The number of anilines is 1. The Balaban J connectivity index is 1.66. The van der Waals surface area contributed by atoms with Crippen molar-refractivity contribution in [3.05, 3.63) is 47.2 Å². The lowest BCUT2D eigenvalue weighted by Gasteiger charge is -2.20. The summed E-state index contributed by atoms with van der Waals surface area (Å²) in [7, 11) is 0. The van der Waals surface area contributed by atoms with Crippen molar-refractivity contribution < 1.29 is 23.8 Å². The van der Waals surface area contributed by atoms with Crippen LogP contribution in [-0.2, 0) is 9.53 Å². The minimum atomic E-state index is -0.942. The fraction of sp³-hybridized carbons (Fsp3) is 0.278. The summed E-state index contributed by atoms with van der Waals surface area (Å²) in [5, 5.41) is 2.90. The van der Waals surface area contributed by atoms with Crippen LogP contribution < -0.4 is 14.8 Å². The Hall–Kier alpha value is -2.80. The standard InChI is InChI=1S/C18H17ClN2O5/c1-2-13(26-18(23)11-5-6-20-16(19)9-11)17(22)21-12-3-4-14-15(10-12)25-8-7-24-14/h3-6,9-10,13H,2,7-8H2,1H3,(H,21,22). The predicted molar refractivity (Wildman–Crippen MR) is 94.8 cm³/mol. The van der Waals surface area contributed by atoms with Crippen LogP contribution in [0.5, 0.6) is 11.5 Å². The van der Waals surface area contributed by atoms with E-state index in [1.807, 2.05) is 0 Å². The number of esters is 1. The van der Waals surface area contributed by atoms with Gasteiger partial charge in [0.15, 0.2) is 17.6 Å². The van der Waals surface area contributed by atoms with E-state index in [0.717, 1.165) is 0 Å². The second-order valence-electron chi connectivity index (χ2n) is 5.52. The number of halogens is 1. The second-order valence-corrected chi connectivity index (χ2v) is 5.90. The van der Waals surface area contributed by atoms with Gasteiger partial charge in [-0.3, -0.25) is 4.79 Å². The average Bonchev–Trinajstić information content (AvgIpc) is 2.65. The van der Waals surface area contributed by atoms with E-state index in [-0.39, 0.29) is 10.7 Å². The van der Waals surface area contributed by atoms with Gasteiger partial charge in [0.1, 0.15) is 18.4 Å². The number of nitrogens with zero attached hydrogens (tertiary/aromatic N) is 1. The molecule has 1 atom stereocenters. The molecule has 1 N–H and O–H groups in total. The summed E-state index contributed by atoms with van der Waals surface area (Å²) < 4.78 is 16.2. The van der Waals surface area contributed by atoms with Crippen molar-refractivity contribution in [1.29, 1.82) is 0 Å². The summed E-state index contributed by atoms with van der Waals surface area (Å²) in [5.41, 5.74) is 0.760. The first-order valence-electron chi connectivity index (χ1n) is 8.10. The molecule has 0 saturated heterocycles. The van der Waals surface area contributed by atoms with Crippen LogP contribution in [0.4, 0.5) is 5.69 Å². The predicted octanol–water partition coefficient (Wildman–Crippen LogP) is 3.08. The van der Waals surface area contributed by atoms with E-state index in [1.54, 1.807) is 25.1 Å². The van der Waals surface area contributed by atoms with Gasteiger partial charge in [-0.2, -0.15) is 0 Å². The summed E-state index contributed by atoms with van der Waals surface area (Å²) in [6, 6.07) is 7.94. The molecule has 0 saturated carbocycles. The number of aromatic nitrogens is 1. The lowest BCUT2D eigenvalue weighted by Crippen LogP contribution is -2.32. The van der Waals surface area contributed by atoms with Gasteiger partial charge in [-0.05, 0) is 30.7 Å². The second kappa shape index (κ2) is 8.05. The van der Waals surface area contributed by atoms with Crippen LogP contribution in [0.2, 0.25) is 5.15 Å². The fourth-order valence-corrected chi connectivity index (χ4v) is 2.57. The van der Waals surface area contributed by atoms with Crippen LogP contribution in [0, 0.1) is 0 Å². The molecule has 0 bridgehead atoms. The van der Waals surface area contributed by atoms with E-state index in [1.165, 1.54) is 18.3 Å². The zero-order valence-electron chi connectivity index (χ0n) is 14.0. The molecule has 8 heteroatoms. The first-order valence-corrected chi connectivity index (χ1v) is 8.47. The highest BCUT2D eigenvalue weighted by molar-refractivity contribution is 6.29. The number of nitrogens with one attached hydrogen (secondary N) is 1. The number of rotatable bonds is 5. The number of hydrogen-bond donors (Lipinski definition) is 1. The third-order valence-electron chi connectivity index (χ3n) is 3.68. The van der Waals surface area contributed by atoms with Crippen molar-refractivity contribution in [2.24, 2.45) is 0 Å². The van der Waals surface area contributed by atoms with Gasteiger partial charge < -0.3 is 19.5 Å². The first kappa shape index (κ1) is 18.0. The third kappa shape index (κ3) is 4.23. The molecule has 2 heterocycles. The molecule has 0 aliphatic carbocycles. The average molecular weight is 377 g/mol. The molecule has 136 valence electrons. The van der Waals surface area contributed by atoms with Gasteiger partial charge in [0, 0.05) is 18.0 Å². The Morgan fingerprint density at radius 1 is 1.23 bits per heavy atom. The molecular formula is C18H17ClN2O5. The van der Waals surface area contributed by atoms with Crippen LogP contribution in [0.25, 0.3) is 0 Å². The normalized spacial score (nSPS) is 13.6. The van der Waals surface area contributed by atoms with Gasteiger partial charge in [0.2, 0.25) is 0 Å². The lowest BCUT2D eigenvalue weighted by atomic mass is 10.2. The molecular weight excluding hydrogens is 360 g/mol. The Bertz CT molecular complexity index is 827. The summed E-state index contributed by atoms with van der Waals surface area (Å²) in [6.45, 7) is 2.69. The summed E-state index contributed by atoms with van der Waals surface area (Å²) in [5.74, 6) is 0.115. The monoisotopic (exact) mass is 376 g/mol. The molecule has 0 spiro atoms. The maximum Gasteiger partial charge on any atom is 0.339 e. The number of carbonyl (C=O) groups excluding carboxylic acids is 2. The van der Waals surface area contributed by atoms with Gasteiger partial charge >= 0.3 is 5.97 Å². The van der Waals surface area contributed by atoms with Gasteiger partial charge in [-0.25, -0.2) is 9.78 Å². The Kier molecular flexibility index (Phi) is 5.58. The number of amides is 1. The maximum absolute atomic E-state index is 12.4. The summed E-state index contributed by atoms with van der Waals surface area (Å²) in [4.78, 5) is 28.4. The Labute approximate surface area is 155 Å². The molecule has 1 aromatic carbocycles. The van der Waals surface area contributed by atoms with Gasteiger partial charge in [-0.1, -0.05) is 18.5 Å². The SMILES string of the molecule is CCC(OC(=O)c1ccnc(Cl)c1)C(=O)Nc1ccc2c(c1)OCCO2. The van der Waals surface area contributed by atoms with Crippen LogP contribution >= 0.6 is 11.6 Å². The van der Waals surface area contributed by atoms with Crippen molar-refractivity contribution in [2.75, 3.05) is 18.5 Å². The van der Waals surface area contributed by atoms with E-state index in [9.17, 15) is 9.59 Å². The summed E-state index contributed by atoms with van der Waals surface area (Å²) >= 11 is 5.77. The van der Waals surface area contributed by atoms with E-state index in [4.69, 9.17) is 25.8 Å². The lowest BCUT2D eigenvalue weighted by molar-refractivity contribution is -0.124. The van der Waals surface area contributed by atoms with Crippen LogP contribution in [0.3, 0.4) is 0 Å². The van der Waals surface area contributed by atoms with Crippen molar-refractivity contribution in [3.8, 4) is 11.5 Å². The number of benzene rings is 1. The highest BCUT2D eigenvalue weighted by atomic mass is 35.5. The van der Waals surface area contributed by atoms with Crippen molar-refractivity contribution in [2.45, 2.75) is 19.4 Å². The number of ether oxygens (including phenoxy) is 3. The Morgan fingerprint density at radius 3 is 2.73 bits per heavy atom. The number of hydrogen-bond acceptors (Lipinski definition) is 6. The molecule has 1 amide bonds. The minimum absolute atomic E-state index is 0.174. The molecule has 0 radical (unpaired) electrons. The third-order valence-corrected chi connectivity index (χ3v) is 3.89. The van der Waals surface area contributed by atoms with E-state index in [0.29, 0.717) is 36.8 Å². The molecule has 7 nitrogen and oxygen atoms in total. The topological polar surface area (TPSA) is 86.8 Å². The largest absolute Gasteiger partial charge is 0.486 e. The smallest absolute Gasteiger partial charge is 0.339 e. The van der Waals surface area contributed by atoms with Gasteiger partial charge in [0.25, 0.3) is 5.91 Å². The highest BCUT2D eigenvalue weighted by Crippen LogP contribution is 2.32. The molecule has 0 fully saturated rings. The zero-order valence-corrected chi connectivity index (χ0v) is 14.8. The van der Waals surface area contributed by atoms with E-state index < -0.39 is 18.0 Å². The van der Waals surface area contributed by atoms with Crippen LogP contribution in [0.15, 0.2) is 36.5 Å². The quantitative estimate of drug-likeness (QED) is 0.637. The van der Waals surface area contributed by atoms with Gasteiger partial charge in [0.05, 0.1) is 5.56 Å². The molecule has 1 aromatic heterocycles.